The molecule has 0 aromatic heterocycles. The van der Waals surface area contributed by atoms with Gasteiger partial charge in [0.2, 0.25) is 5.91 Å². The minimum Gasteiger partial charge on any atom is -0.478 e. The number of hydrogen-bond donors (Lipinski definition) is 2. The summed E-state index contributed by atoms with van der Waals surface area (Å²) in [4.78, 5) is 21.5. The summed E-state index contributed by atoms with van der Waals surface area (Å²) in [6, 6.07) is 6.36. The third-order valence-corrected chi connectivity index (χ3v) is 1.81. The Kier molecular flexibility index (Phi) is 3.62. The lowest BCUT2D eigenvalue weighted by molar-refractivity contribution is -0.115. The van der Waals surface area contributed by atoms with Crippen molar-refractivity contribution in [2.75, 3.05) is 7.05 Å². The Hall–Kier alpha value is -2.10. The zero-order valence-electron chi connectivity index (χ0n) is 8.23. The molecule has 1 rings (SSSR count). The molecule has 1 amide bonds. The molecule has 4 nitrogen and oxygen atoms in total. The van der Waals surface area contributed by atoms with Crippen LogP contribution in [0.25, 0.3) is 6.08 Å². The number of carboxylic acids is 1. The summed E-state index contributed by atoms with van der Waals surface area (Å²) in [5.41, 5.74) is 0.882. The number of hydrogen-bond acceptors (Lipinski definition) is 2. The van der Waals surface area contributed by atoms with Gasteiger partial charge in [-0.15, -0.1) is 0 Å². The smallest absolute Gasteiger partial charge is 0.335 e. The molecular weight excluding hydrogens is 194 g/mol. The third kappa shape index (κ3) is 3.27. The zero-order valence-corrected chi connectivity index (χ0v) is 8.23. The molecule has 0 saturated carbocycles. The Bertz CT molecular complexity index is 410. The van der Waals surface area contributed by atoms with Gasteiger partial charge in [0.05, 0.1) is 5.56 Å². The molecule has 0 radical (unpaired) electrons. The molecule has 0 saturated heterocycles. The number of likely N-dealkylation sites (N-methyl/N-ethyl adjacent to an activating group) is 1. The number of benzene rings is 1. The Morgan fingerprint density at radius 3 is 2.73 bits per heavy atom. The molecule has 0 atom stereocenters. The fraction of sp³-hybridized carbons (Fsp3) is 0.0909. The van der Waals surface area contributed by atoms with Crippen molar-refractivity contribution in [2.45, 2.75) is 0 Å². The lowest BCUT2D eigenvalue weighted by Crippen LogP contribution is -2.13. The Labute approximate surface area is 87.2 Å². The van der Waals surface area contributed by atoms with Gasteiger partial charge in [-0.1, -0.05) is 12.1 Å². The highest BCUT2D eigenvalue weighted by atomic mass is 16.4. The monoisotopic (exact) mass is 205 g/mol. The van der Waals surface area contributed by atoms with Crippen LogP contribution in [0.5, 0.6) is 0 Å². The Balaban J connectivity index is 2.87. The largest absolute Gasteiger partial charge is 0.478 e. The van der Waals surface area contributed by atoms with Gasteiger partial charge in [0.1, 0.15) is 0 Å². The first kappa shape index (κ1) is 11.0. The highest BCUT2D eigenvalue weighted by Gasteiger charge is 2.01. The molecule has 0 bridgehead atoms. The Morgan fingerprint density at radius 2 is 2.13 bits per heavy atom. The van der Waals surface area contributed by atoms with E-state index in [4.69, 9.17) is 5.11 Å². The number of carboxylic acid groups (broad SMARTS) is 1. The second-order valence-corrected chi connectivity index (χ2v) is 2.88. The first-order valence-corrected chi connectivity index (χ1v) is 4.36. The summed E-state index contributed by atoms with van der Waals surface area (Å²) in [6.45, 7) is 0. The molecule has 0 aliphatic carbocycles. The summed E-state index contributed by atoms with van der Waals surface area (Å²) in [5, 5.41) is 11.2. The summed E-state index contributed by atoms with van der Waals surface area (Å²) in [5.74, 6) is -1.21. The SMILES string of the molecule is CNC(=O)/C=C/c1cccc(C(=O)O)c1. The number of amides is 1. The number of carbonyl (C=O) groups excluding carboxylic acids is 1. The molecule has 15 heavy (non-hydrogen) atoms. The van der Waals surface area contributed by atoms with Gasteiger partial charge in [-0.05, 0) is 23.8 Å². The molecular formula is C11H11NO3. The van der Waals surface area contributed by atoms with Gasteiger partial charge in [0.15, 0.2) is 0 Å². The van der Waals surface area contributed by atoms with Crippen molar-refractivity contribution in [1.29, 1.82) is 0 Å². The fourth-order valence-corrected chi connectivity index (χ4v) is 1.03. The van der Waals surface area contributed by atoms with Gasteiger partial charge >= 0.3 is 5.97 Å². The molecule has 0 aliphatic rings. The van der Waals surface area contributed by atoms with Gasteiger partial charge in [0, 0.05) is 13.1 Å². The van der Waals surface area contributed by atoms with E-state index in [0.29, 0.717) is 5.56 Å². The van der Waals surface area contributed by atoms with Crippen LogP contribution >= 0.6 is 0 Å². The van der Waals surface area contributed by atoms with Gasteiger partial charge in [-0.2, -0.15) is 0 Å². The average molecular weight is 205 g/mol. The van der Waals surface area contributed by atoms with E-state index in [9.17, 15) is 9.59 Å². The van der Waals surface area contributed by atoms with E-state index in [1.54, 1.807) is 18.2 Å². The second-order valence-electron chi connectivity index (χ2n) is 2.88. The number of rotatable bonds is 3. The summed E-state index contributed by atoms with van der Waals surface area (Å²) < 4.78 is 0. The van der Waals surface area contributed by atoms with Crippen molar-refractivity contribution in [3.05, 3.63) is 41.5 Å². The zero-order chi connectivity index (χ0) is 11.3. The van der Waals surface area contributed by atoms with E-state index < -0.39 is 5.97 Å². The highest BCUT2D eigenvalue weighted by Crippen LogP contribution is 2.06. The van der Waals surface area contributed by atoms with Crippen molar-refractivity contribution in [1.82, 2.24) is 5.32 Å². The van der Waals surface area contributed by atoms with Crippen molar-refractivity contribution in [3.8, 4) is 0 Å². The van der Waals surface area contributed by atoms with Crippen LogP contribution in [0.4, 0.5) is 0 Å². The summed E-state index contributed by atoms with van der Waals surface area (Å²) in [7, 11) is 1.53. The van der Waals surface area contributed by atoms with Crippen LogP contribution in [0, 0.1) is 0 Å². The van der Waals surface area contributed by atoms with Crippen molar-refractivity contribution < 1.29 is 14.7 Å². The van der Waals surface area contributed by atoms with Gasteiger partial charge in [-0.3, -0.25) is 4.79 Å². The molecule has 4 heteroatoms. The lowest BCUT2D eigenvalue weighted by atomic mass is 10.1. The normalized spacial score (nSPS) is 10.2. The third-order valence-electron chi connectivity index (χ3n) is 1.81. The van der Waals surface area contributed by atoms with Crippen LogP contribution in [-0.4, -0.2) is 24.0 Å². The maximum atomic E-state index is 10.9. The predicted molar refractivity (Wildman–Crippen MR) is 56.5 cm³/mol. The minimum absolute atomic E-state index is 0.203. The molecule has 78 valence electrons. The molecule has 2 N–H and O–H groups in total. The number of carbonyl (C=O) groups is 2. The molecule has 1 aromatic rings. The van der Waals surface area contributed by atoms with Crippen LogP contribution in [-0.2, 0) is 4.79 Å². The maximum Gasteiger partial charge on any atom is 0.335 e. The van der Waals surface area contributed by atoms with Crippen LogP contribution in [0.3, 0.4) is 0 Å². The summed E-state index contributed by atoms with van der Waals surface area (Å²) in [6.07, 6.45) is 2.91. The van der Waals surface area contributed by atoms with Crippen LogP contribution in [0.15, 0.2) is 30.3 Å². The average Bonchev–Trinajstić information content (AvgIpc) is 2.26. The van der Waals surface area contributed by atoms with Crippen molar-refractivity contribution in [2.24, 2.45) is 0 Å². The quantitative estimate of drug-likeness (QED) is 0.727. The first-order valence-electron chi connectivity index (χ1n) is 4.36. The van der Waals surface area contributed by atoms with Gasteiger partial charge < -0.3 is 10.4 Å². The molecule has 0 spiro atoms. The second kappa shape index (κ2) is 4.95. The van der Waals surface area contributed by atoms with E-state index in [0.717, 1.165) is 0 Å². The van der Waals surface area contributed by atoms with Gasteiger partial charge in [-0.25, -0.2) is 4.79 Å². The number of nitrogens with one attached hydrogen (secondary N) is 1. The predicted octanol–water partition coefficient (Wildman–Crippen LogP) is 1.14. The van der Waals surface area contributed by atoms with Crippen LogP contribution in [0.1, 0.15) is 15.9 Å². The maximum absolute atomic E-state index is 10.9. The lowest BCUT2D eigenvalue weighted by Gasteiger charge is -1.96. The van der Waals surface area contributed by atoms with Crippen molar-refractivity contribution in [3.63, 3.8) is 0 Å². The fourth-order valence-electron chi connectivity index (χ4n) is 1.03. The molecule has 1 aromatic carbocycles. The van der Waals surface area contributed by atoms with Crippen LogP contribution in [0.2, 0.25) is 0 Å². The standard InChI is InChI=1S/C11H11NO3/c1-12-10(13)6-5-8-3-2-4-9(7-8)11(14)15/h2-7H,1H3,(H,12,13)(H,14,15)/b6-5+. The molecule has 0 unspecified atom stereocenters. The van der Waals surface area contributed by atoms with Crippen molar-refractivity contribution >= 4 is 18.0 Å². The van der Waals surface area contributed by atoms with E-state index in [1.165, 1.54) is 25.3 Å². The summed E-state index contributed by atoms with van der Waals surface area (Å²) >= 11 is 0. The molecule has 0 heterocycles. The van der Waals surface area contributed by atoms with E-state index in [-0.39, 0.29) is 11.5 Å². The molecule has 0 fully saturated rings. The molecule has 0 aliphatic heterocycles. The van der Waals surface area contributed by atoms with E-state index in [1.807, 2.05) is 0 Å². The van der Waals surface area contributed by atoms with Crippen LogP contribution < -0.4 is 5.32 Å². The van der Waals surface area contributed by atoms with Gasteiger partial charge in [0.25, 0.3) is 0 Å². The van der Waals surface area contributed by atoms with E-state index in [2.05, 4.69) is 5.32 Å². The topological polar surface area (TPSA) is 66.4 Å². The highest BCUT2D eigenvalue weighted by molar-refractivity contribution is 5.92. The van der Waals surface area contributed by atoms with E-state index >= 15 is 0 Å². The first-order chi connectivity index (χ1) is 7.13. The number of aromatic carboxylic acids is 1. The Morgan fingerprint density at radius 1 is 1.40 bits per heavy atom. The minimum atomic E-state index is -0.981.